The summed E-state index contributed by atoms with van der Waals surface area (Å²) in [5.41, 5.74) is 5.32. The fourth-order valence-corrected chi connectivity index (χ4v) is 5.61. The van der Waals surface area contributed by atoms with E-state index in [1.807, 2.05) is 6.08 Å². The topological polar surface area (TPSA) is 134 Å². The first-order chi connectivity index (χ1) is 22.3. The Labute approximate surface area is 281 Å². The second-order valence-corrected chi connectivity index (χ2v) is 13.6. The maximum absolute atomic E-state index is 12.5. The number of carbonyl (C=O) groups is 2. The Morgan fingerprint density at radius 2 is 1.13 bits per heavy atom. The SMILES string of the molecule is CCCCCCCC/C=C\CCCCCCCCC(=O)OC(COC(=O)C/C=C\CCCCCCCC)COP(=O)(O)OCCN. The van der Waals surface area contributed by atoms with Gasteiger partial charge in [0.2, 0.25) is 0 Å². The molecular weight excluding hydrogens is 605 g/mol. The van der Waals surface area contributed by atoms with Gasteiger partial charge in [-0.2, -0.15) is 0 Å². The molecule has 10 heteroatoms. The van der Waals surface area contributed by atoms with E-state index in [1.54, 1.807) is 6.08 Å². The van der Waals surface area contributed by atoms with Crippen LogP contribution in [0.25, 0.3) is 0 Å². The molecule has 0 aliphatic carbocycles. The van der Waals surface area contributed by atoms with Gasteiger partial charge in [0, 0.05) is 13.0 Å². The molecule has 270 valence electrons. The summed E-state index contributed by atoms with van der Waals surface area (Å²) in [6, 6.07) is 0. The first-order valence-electron chi connectivity index (χ1n) is 18.3. The number of nitrogens with two attached hydrogens (primary N) is 1. The van der Waals surface area contributed by atoms with Gasteiger partial charge in [0.15, 0.2) is 6.10 Å². The molecule has 9 nitrogen and oxygen atoms in total. The standard InChI is InChI=1S/C36H68NO8P/c1-3-5-7-9-11-13-14-15-16-17-18-19-21-23-25-27-29-36(39)45-34(33-44-46(40,41)43-31-30-37)32-42-35(38)28-26-24-22-20-12-10-8-6-4-2/h15-16,24,26,34H,3-14,17-23,25,27-33,37H2,1-2H3,(H,40,41)/b16-15-,26-24-. The van der Waals surface area contributed by atoms with Crippen LogP contribution in [-0.2, 0) is 32.7 Å². The van der Waals surface area contributed by atoms with Crippen molar-refractivity contribution >= 4 is 19.8 Å². The normalized spacial score (nSPS) is 13.7. The lowest BCUT2D eigenvalue weighted by atomic mass is 10.1. The van der Waals surface area contributed by atoms with Crippen LogP contribution in [0.2, 0.25) is 0 Å². The van der Waals surface area contributed by atoms with Crippen molar-refractivity contribution in [1.82, 2.24) is 0 Å². The van der Waals surface area contributed by atoms with Crippen molar-refractivity contribution in [2.45, 2.75) is 168 Å². The van der Waals surface area contributed by atoms with Crippen LogP contribution in [0.5, 0.6) is 0 Å². The summed E-state index contributed by atoms with van der Waals surface area (Å²) in [6.07, 6.45) is 32.4. The van der Waals surface area contributed by atoms with Gasteiger partial charge in [-0.3, -0.25) is 18.6 Å². The molecule has 2 unspecified atom stereocenters. The Kier molecular flexibility index (Phi) is 32.3. The summed E-state index contributed by atoms with van der Waals surface area (Å²) in [5, 5.41) is 0. The fourth-order valence-electron chi connectivity index (χ4n) is 4.85. The lowest BCUT2D eigenvalue weighted by Crippen LogP contribution is -2.29. The van der Waals surface area contributed by atoms with Crippen LogP contribution in [0, 0.1) is 0 Å². The molecule has 0 aliphatic heterocycles. The number of ether oxygens (including phenoxy) is 2. The third kappa shape index (κ3) is 32.4. The molecular formula is C36H68NO8P. The van der Waals surface area contributed by atoms with Crippen molar-refractivity contribution < 1.29 is 37.6 Å². The van der Waals surface area contributed by atoms with Gasteiger partial charge < -0.3 is 20.1 Å². The van der Waals surface area contributed by atoms with E-state index in [0.717, 1.165) is 38.5 Å². The summed E-state index contributed by atoms with van der Waals surface area (Å²) in [5.74, 6) is -0.935. The monoisotopic (exact) mass is 673 g/mol. The third-order valence-corrected chi connectivity index (χ3v) is 8.58. The highest BCUT2D eigenvalue weighted by molar-refractivity contribution is 7.47. The van der Waals surface area contributed by atoms with Crippen molar-refractivity contribution in [2.75, 3.05) is 26.4 Å². The van der Waals surface area contributed by atoms with Gasteiger partial charge in [-0.05, 0) is 44.9 Å². The number of esters is 2. The molecule has 0 aliphatic rings. The van der Waals surface area contributed by atoms with Gasteiger partial charge in [-0.1, -0.05) is 128 Å². The maximum Gasteiger partial charge on any atom is 0.472 e. The molecule has 0 bridgehead atoms. The average Bonchev–Trinajstić information content (AvgIpc) is 3.04. The van der Waals surface area contributed by atoms with E-state index in [2.05, 4.69) is 26.0 Å². The van der Waals surface area contributed by atoms with Crippen LogP contribution in [0.15, 0.2) is 24.3 Å². The minimum Gasteiger partial charge on any atom is -0.461 e. The van der Waals surface area contributed by atoms with Crippen molar-refractivity contribution in [3.05, 3.63) is 24.3 Å². The van der Waals surface area contributed by atoms with Crippen LogP contribution in [0.1, 0.15) is 162 Å². The van der Waals surface area contributed by atoms with Crippen molar-refractivity contribution in [1.29, 1.82) is 0 Å². The zero-order chi connectivity index (χ0) is 34.0. The van der Waals surface area contributed by atoms with Gasteiger partial charge in [0.1, 0.15) is 6.61 Å². The van der Waals surface area contributed by atoms with Gasteiger partial charge in [0.25, 0.3) is 0 Å². The Bertz CT molecular complexity index is 820. The molecule has 0 aromatic carbocycles. The van der Waals surface area contributed by atoms with E-state index in [-0.39, 0.29) is 32.6 Å². The zero-order valence-corrected chi connectivity index (χ0v) is 30.2. The number of allylic oxidation sites excluding steroid dienone is 3. The van der Waals surface area contributed by atoms with Gasteiger partial charge in [-0.15, -0.1) is 0 Å². The predicted molar refractivity (Wildman–Crippen MR) is 187 cm³/mol. The van der Waals surface area contributed by atoms with Gasteiger partial charge >= 0.3 is 19.8 Å². The third-order valence-electron chi connectivity index (χ3n) is 7.59. The predicted octanol–water partition coefficient (Wildman–Crippen LogP) is 9.66. The molecule has 0 rings (SSSR count). The van der Waals surface area contributed by atoms with Crippen molar-refractivity contribution in [2.24, 2.45) is 5.73 Å². The van der Waals surface area contributed by atoms with Crippen molar-refractivity contribution in [3.8, 4) is 0 Å². The quantitative estimate of drug-likeness (QED) is 0.0296. The molecule has 0 heterocycles. The van der Waals surface area contributed by atoms with E-state index in [1.165, 1.54) is 89.9 Å². The van der Waals surface area contributed by atoms with Crippen LogP contribution in [0.4, 0.5) is 0 Å². The molecule has 3 N–H and O–H groups in total. The van der Waals surface area contributed by atoms with Crippen LogP contribution in [0.3, 0.4) is 0 Å². The van der Waals surface area contributed by atoms with Crippen molar-refractivity contribution in [3.63, 3.8) is 0 Å². The second kappa shape index (κ2) is 33.4. The summed E-state index contributed by atoms with van der Waals surface area (Å²) < 4.78 is 32.5. The second-order valence-electron chi connectivity index (χ2n) is 12.1. The number of phosphoric acid groups is 1. The molecule has 0 radical (unpaired) electrons. The molecule has 0 spiro atoms. The smallest absolute Gasteiger partial charge is 0.461 e. The molecule has 2 atom stereocenters. The number of hydrogen-bond donors (Lipinski definition) is 2. The van der Waals surface area contributed by atoms with E-state index < -0.39 is 32.5 Å². The number of carbonyl (C=O) groups excluding carboxylic acids is 2. The number of rotatable bonds is 34. The van der Waals surface area contributed by atoms with Crippen LogP contribution >= 0.6 is 7.82 Å². The zero-order valence-electron chi connectivity index (χ0n) is 29.3. The first-order valence-corrected chi connectivity index (χ1v) is 19.8. The Hall–Kier alpha value is -1.51. The molecule has 46 heavy (non-hydrogen) atoms. The van der Waals surface area contributed by atoms with Gasteiger partial charge in [-0.25, -0.2) is 4.57 Å². The van der Waals surface area contributed by atoms with Crippen LogP contribution < -0.4 is 5.73 Å². The highest BCUT2D eigenvalue weighted by Gasteiger charge is 2.25. The maximum atomic E-state index is 12.5. The Balaban J connectivity index is 4.26. The van der Waals surface area contributed by atoms with E-state index in [9.17, 15) is 19.0 Å². The Morgan fingerprint density at radius 3 is 1.65 bits per heavy atom. The van der Waals surface area contributed by atoms with E-state index in [0.29, 0.717) is 6.42 Å². The molecule has 0 saturated carbocycles. The Morgan fingerprint density at radius 1 is 0.652 bits per heavy atom. The molecule has 0 saturated heterocycles. The van der Waals surface area contributed by atoms with Gasteiger partial charge in [0.05, 0.1) is 19.6 Å². The highest BCUT2D eigenvalue weighted by Crippen LogP contribution is 2.43. The minimum atomic E-state index is -4.37. The first kappa shape index (κ1) is 44.5. The van der Waals surface area contributed by atoms with Crippen LogP contribution in [-0.4, -0.2) is 49.3 Å². The molecule has 0 aromatic heterocycles. The summed E-state index contributed by atoms with van der Waals surface area (Å²) in [6.45, 7) is 3.61. The summed E-state index contributed by atoms with van der Waals surface area (Å²) in [7, 11) is -4.37. The van der Waals surface area contributed by atoms with E-state index in [4.69, 9.17) is 24.3 Å². The molecule has 0 fully saturated rings. The lowest BCUT2D eigenvalue weighted by Gasteiger charge is -2.19. The number of phosphoric ester groups is 1. The fraction of sp³-hybridized carbons (Fsp3) is 0.833. The molecule has 0 aromatic rings. The molecule has 0 amide bonds. The number of hydrogen-bond acceptors (Lipinski definition) is 8. The summed E-state index contributed by atoms with van der Waals surface area (Å²) >= 11 is 0. The minimum absolute atomic E-state index is 0.0483. The summed E-state index contributed by atoms with van der Waals surface area (Å²) in [4.78, 5) is 34.5. The largest absolute Gasteiger partial charge is 0.472 e. The lowest BCUT2D eigenvalue weighted by molar-refractivity contribution is -0.160. The van der Waals surface area contributed by atoms with E-state index >= 15 is 0 Å². The highest BCUT2D eigenvalue weighted by atomic mass is 31.2. The number of unbranched alkanes of at least 4 members (excludes halogenated alkanes) is 18. The average molecular weight is 674 g/mol.